The van der Waals surface area contributed by atoms with Gasteiger partial charge in [0.2, 0.25) is 0 Å². The fourth-order valence-corrected chi connectivity index (χ4v) is 3.09. The monoisotopic (exact) mass is 408 g/mol. The molecule has 0 radical (unpaired) electrons. The fraction of sp³-hybridized carbons (Fsp3) is 0.0714. The maximum absolute atomic E-state index is 12.1. The van der Waals surface area contributed by atoms with Crippen molar-refractivity contribution in [1.29, 1.82) is 0 Å². The van der Waals surface area contributed by atoms with Gasteiger partial charge < -0.3 is 9.84 Å². The fourth-order valence-electron chi connectivity index (χ4n) is 1.69. The summed E-state index contributed by atoms with van der Waals surface area (Å²) in [5.41, 5.74) is 0.423. The van der Waals surface area contributed by atoms with E-state index in [-0.39, 0.29) is 31.5 Å². The molecule has 0 bridgehead atoms. The number of ether oxygens (including phenoxy) is 1. The molecule has 10 heteroatoms. The third-order valence-electron chi connectivity index (χ3n) is 2.86. The van der Waals surface area contributed by atoms with Gasteiger partial charge in [0.25, 0.3) is 10.0 Å². The molecule has 0 atom stereocenters. The van der Waals surface area contributed by atoms with Crippen LogP contribution < -0.4 is 9.57 Å². The van der Waals surface area contributed by atoms with E-state index < -0.39 is 10.0 Å². The second-order valence-corrected chi connectivity index (χ2v) is 7.36. The molecule has 0 spiro atoms. The zero-order valence-corrected chi connectivity index (χ0v) is 15.2. The van der Waals surface area contributed by atoms with Crippen molar-refractivity contribution in [2.45, 2.75) is 4.90 Å². The second-order valence-electron chi connectivity index (χ2n) is 4.48. The summed E-state index contributed by atoms with van der Waals surface area (Å²) >= 11 is 17.4. The minimum absolute atomic E-state index is 0.0446. The number of phenols is 1. The van der Waals surface area contributed by atoms with Crippen LogP contribution in [0.3, 0.4) is 0 Å². The summed E-state index contributed by atoms with van der Waals surface area (Å²) in [7, 11) is -2.55. The summed E-state index contributed by atoms with van der Waals surface area (Å²) in [6.45, 7) is 0. The normalized spacial score (nSPS) is 11.7. The lowest BCUT2D eigenvalue weighted by atomic mass is 10.2. The number of methoxy groups -OCH3 is 1. The molecule has 0 aliphatic rings. The first-order valence-electron chi connectivity index (χ1n) is 6.31. The van der Waals surface area contributed by atoms with E-state index in [0.29, 0.717) is 5.56 Å². The second kappa shape index (κ2) is 7.48. The average Bonchev–Trinajstić information content (AvgIpc) is 2.53. The van der Waals surface area contributed by atoms with Crippen LogP contribution in [-0.2, 0) is 10.0 Å². The van der Waals surface area contributed by atoms with Crippen molar-refractivity contribution < 1.29 is 18.3 Å². The lowest BCUT2D eigenvalue weighted by molar-refractivity contribution is 0.373. The van der Waals surface area contributed by atoms with Gasteiger partial charge in [-0.2, -0.15) is 13.5 Å². The van der Waals surface area contributed by atoms with Gasteiger partial charge in [-0.25, -0.2) is 4.83 Å². The van der Waals surface area contributed by atoms with Gasteiger partial charge in [-0.1, -0.05) is 34.8 Å². The molecule has 2 aromatic rings. The van der Waals surface area contributed by atoms with Gasteiger partial charge >= 0.3 is 0 Å². The van der Waals surface area contributed by atoms with Crippen LogP contribution in [0.1, 0.15) is 5.56 Å². The molecule has 0 amide bonds. The highest BCUT2D eigenvalue weighted by Crippen LogP contribution is 2.34. The van der Waals surface area contributed by atoms with Gasteiger partial charge in [0.1, 0.15) is 0 Å². The van der Waals surface area contributed by atoms with Crippen molar-refractivity contribution in [3.05, 3.63) is 51.0 Å². The van der Waals surface area contributed by atoms with Gasteiger partial charge in [-0.05, 0) is 35.9 Å². The Bertz CT molecular complexity index is 901. The van der Waals surface area contributed by atoms with E-state index in [1.165, 1.54) is 43.7 Å². The number of aromatic hydroxyl groups is 1. The number of hydrogen-bond acceptors (Lipinski definition) is 5. The molecule has 2 rings (SSSR count). The molecular formula is C14H11Cl3N2O4S. The van der Waals surface area contributed by atoms with Crippen molar-refractivity contribution in [2.24, 2.45) is 5.10 Å². The molecule has 0 unspecified atom stereocenters. The molecule has 128 valence electrons. The molecule has 2 aromatic carbocycles. The highest BCUT2D eigenvalue weighted by molar-refractivity contribution is 7.89. The van der Waals surface area contributed by atoms with Gasteiger partial charge in [0, 0.05) is 0 Å². The maximum Gasteiger partial charge on any atom is 0.276 e. The Morgan fingerprint density at radius 2 is 1.83 bits per heavy atom. The van der Waals surface area contributed by atoms with E-state index in [1.807, 2.05) is 4.83 Å². The smallest absolute Gasteiger partial charge is 0.276 e. The number of benzene rings is 2. The van der Waals surface area contributed by atoms with Crippen molar-refractivity contribution in [3.8, 4) is 11.5 Å². The molecule has 0 heterocycles. The molecule has 0 saturated heterocycles. The lowest BCUT2D eigenvalue weighted by Gasteiger charge is -2.06. The summed E-state index contributed by atoms with van der Waals surface area (Å²) in [4.78, 5) is 1.95. The Balaban J connectivity index is 2.21. The number of nitrogens with one attached hydrogen (secondary N) is 1. The van der Waals surface area contributed by atoms with Gasteiger partial charge in [-0.15, -0.1) is 0 Å². The first kappa shape index (κ1) is 18.7. The van der Waals surface area contributed by atoms with Crippen molar-refractivity contribution in [1.82, 2.24) is 4.83 Å². The largest absolute Gasteiger partial charge is 0.503 e. The van der Waals surface area contributed by atoms with Crippen molar-refractivity contribution in [2.75, 3.05) is 7.11 Å². The van der Waals surface area contributed by atoms with Crippen molar-refractivity contribution >= 4 is 51.0 Å². The summed E-state index contributed by atoms with van der Waals surface area (Å²) in [5, 5.41) is 13.7. The number of nitrogens with zero attached hydrogens (tertiary/aromatic N) is 1. The summed E-state index contributed by atoms with van der Waals surface area (Å²) in [5.74, 6) is -0.0796. The molecule has 2 N–H and O–H groups in total. The Morgan fingerprint density at radius 3 is 2.46 bits per heavy atom. The highest BCUT2D eigenvalue weighted by Gasteiger charge is 2.14. The Morgan fingerprint density at radius 1 is 1.12 bits per heavy atom. The first-order valence-corrected chi connectivity index (χ1v) is 8.92. The third-order valence-corrected chi connectivity index (χ3v) is 5.11. The van der Waals surface area contributed by atoms with E-state index in [1.54, 1.807) is 0 Å². The number of hydrazone groups is 1. The van der Waals surface area contributed by atoms with E-state index >= 15 is 0 Å². The van der Waals surface area contributed by atoms with Crippen LogP contribution in [-0.4, -0.2) is 26.8 Å². The number of rotatable bonds is 5. The Hall–Kier alpha value is -1.67. The van der Waals surface area contributed by atoms with Crippen molar-refractivity contribution in [3.63, 3.8) is 0 Å². The predicted octanol–water partition coefficient (Wildman–Crippen LogP) is 3.67. The van der Waals surface area contributed by atoms with E-state index in [0.717, 1.165) is 0 Å². The first-order chi connectivity index (χ1) is 11.2. The topological polar surface area (TPSA) is 88.0 Å². The molecule has 6 nitrogen and oxygen atoms in total. The van der Waals surface area contributed by atoms with Gasteiger partial charge in [-0.3, -0.25) is 0 Å². The Labute approximate surface area is 153 Å². The molecule has 0 aliphatic heterocycles. The summed E-state index contributed by atoms with van der Waals surface area (Å²) < 4.78 is 29.2. The zero-order valence-electron chi connectivity index (χ0n) is 12.1. The minimum Gasteiger partial charge on any atom is -0.503 e. The number of phenolic OH excluding ortho intramolecular Hbond substituents is 1. The maximum atomic E-state index is 12.1. The van der Waals surface area contributed by atoms with Gasteiger partial charge in [0.15, 0.2) is 11.5 Å². The van der Waals surface area contributed by atoms with Crippen LogP contribution >= 0.6 is 34.8 Å². The number of halogens is 3. The highest BCUT2D eigenvalue weighted by atomic mass is 35.5. The number of sulfonamides is 1. The molecule has 0 aromatic heterocycles. The van der Waals surface area contributed by atoms with Crippen LogP contribution in [0.5, 0.6) is 11.5 Å². The molecular weight excluding hydrogens is 399 g/mol. The number of hydrogen-bond donors (Lipinski definition) is 2. The van der Waals surface area contributed by atoms with Crippen LogP contribution in [0.25, 0.3) is 0 Å². The summed E-state index contributed by atoms with van der Waals surface area (Å²) in [6, 6.07) is 6.72. The van der Waals surface area contributed by atoms with Crippen LogP contribution in [0.15, 0.2) is 40.3 Å². The SMILES string of the molecule is COc1cc(/C=N/NS(=O)(=O)c2ccc(Cl)c(Cl)c2)cc(Cl)c1O. The predicted molar refractivity (Wildman–Crippen MR) is 94.0 cm³/mol. The summed E-state index contributed by atoms with van der Waals surface area (Å²) in [6.07, 6.45) is 1.21. The van der Waals surface area contributed by atoms with Crippen LogP contribution in [0.4, 0.5) is 0 Å². The van der Waals surface area contributed by atoms with Gasteiger partial charge in [0.05, 0.1) is 33.3 Å². The van der Waals surface area contributed by atoms with Crippen LogP contribution in [0.2, 0.25) is 15.1 Å². The van der Waals surface area contributed by atoms with E-state index in [9.17, 15) is 13.5 Å². The average molecular weight is 410 g/mol. The quantitative estimate of drug-likeness (QED) is 0.582. The third kappa shape index (κ3) is 4.24. The molecule has 0 fully saturated rings. The molecule has 0 saturated carbocycles. The lowest BCUT2D eigenvalue weighted by Crippen LogP contribution is -2.18. The zero-order chi connectivity index (χ0) is 17.9. The molecule has 24 heavy (non-hydrogen) atoms. The minimum atomic E-state index is -3.91. The van der Waals surface area contributed by atoms with E-state index in [2.05, 4.69) is 5.10 Å². The standard InChI is InChI=1S/C14H11Cl3N2O4S/c1-23-13-5-8(4-12(17)14(13)20)7-18-19-24(21,22)9-2-3-10(15)11(16)6-9/h2-7,19-20H,1H3/b18-7+. The van der Waals surface area contributed by atoms with Crippen LogP contribution in [0, 0.1) is 0 Å². The Kier molecular flexibility index (Phi) is 5.82. The van der Waals surface area contributed by atoms with E-state index in [4.69, 9.17) is 39.5 Å². The molecule has 0 aliphatic carbocycles.